The van der Waals surface area contributed by atoms with Crippen LogP contribution in [0.25, 0.3) is 0 Å². The molecule has 88 valence electrons. The van der Waals surface area contributed by atoms with E-state index in [1.165, 1.54) is 18.2 Å². The van der Waals surface area contributed by atoms with Crippen LogP contribution in [0.15, 0.2) is 28.8 Å². The highest BCUT2D eigenvalue weighted by Crippen LogP contribution is 2.19. The molecule has 0 saturated carbocycles. The zero-order valence-corrected chi connectivity index (χ0v) is 9.03. The van der Waals surface area contributed by atoms with E-state index in [9.17, 15) is 9.18 Å². The maximum Gasteiger partial charge on any atom is 0.277 e. The molecule has 1 heterocycles. The van der Waals surface area contributed by atoms with E-state index in [1.54, 1.807) is 6.92 Å². The van der Waals surface area contributed by atoms with Crippen molar-refractivity contribution >= 4 is 17.3 Å². The summed E-state index contributed by atoms with van der Waals surface area (Å²) in [6.45, 7) is 1.67. The van der Waals surface area contributed by atoms with Gasteiger partial charge in [-0.25, -0.2) is 4.39 Å². The van der Waals surface area contributed by atoms with Crippen LogP contribution in [0.5, 0.6) is 0 Å². The lowest BCUT2D eigenvalue weighted by Gasteiger charge is -2.06. The fourth-order valence-electron chi connectivity index (χ4n) is 1.30. The number of aryl methyl sites for hydroxylation is 1. The lowest BCUT2D eigenvalue weighted by Crippen LogP contribution is -2.13. The molecule has 2 aromatic rings. The third-order valence-corrected chi connectivity index (χ3v) is 2.12. The first kappa shape index (κ1) is 11.1. The minimum Gasteiger partial charge on any atom is -0.397 e. The number of hydrogen-bond acceptors (Lipinski definition) is 4. The number of halogens is 1. The monoisotopic (exact) mass is 235 g/mol. The van der Waals surface area contributed by atoms with Gasteiger partial charge in [0.2, 0.25) is 0 Å². The Morgan fingerprint density at radius 1 is 1.47 bits per heavy atom. The van der Waals surface area contributed by atoms with Gasteiger partial charge in [0.15, 0.2) is 5.69 Å². The highest BCUT2D eigenvalue weighted by molar-refractivity contribution is 6.04. The predicted octanol–water partition coefficient (Wildman–Crippen LogP) is 1.96. The molecule has 0 bridgehead atoms. The molecule has 0 aliphatic carbocycles. The number of anilines is 2. The Hall–Kier alpha value is -2.37. The van der Waals surface area contributed by atoms with Gasteiger partial charge < -0.3 is 15.6 Å². The van der Waals surface area contributed by atoms with E-state index in [4.69, 9.17) is 10.3 Å². The van der Waals surface area contributed by atoms with Gasteiger partial charge in [0.1, 0.15) is 11.6 Å². The van der Waals surface area contributed by atoms with Gasteiger partial charge in [-0.3, -0.25) is 4.79 Å². The molecule has 6 heteroatoms. The number of benzene rings is 1. The van der Waals surface area contributed by atoms with E-state index in [1.807, 2.05) is 0 Å². The summed E-state index contributed by atoms with van der Waals surface area (Å²) in [5.41, 5.74) is 6.19. The second-order valence-electron chi connectivity index (χ2n) is 3.51. The Morgan fingerprint density at radius 3 is 2.88 bits per heavy atom. The standard InChI is InChI=1S/C11H10FN3O2/c1-6-4-10(15-17-6)11(16)14-9-5-7(12)2-3-8(9)13/h2-5H,13H2,1H3,(H,14,16). The number of aromatic nitrogens is 1. The molecule has 0 saturated heterocycles. The van der Waals surface area contributed by atoms with Crippen LogP contribution in [0.2, 0.25) is 0 Å². The maximum atomic E-state index is 13.0. The fraction of sp³-hybridized carbons (Fsp3) is 0.0909. The number of hydrogen-bond donors (Lipinski definition) is 2. The lowest BCUT2D eigenvalue weighted by molar-refractivity contribution is 0.101. The number of nitrogens with zero attached hydrogens (tertiary/aromatic N) is 1. The van der Waals surface area contributed by atoms with E-state index in [0.29, 0.717) is 5.76 Å². The summed E-state index contributed by atoms with van der Waals surface area (Å²) in [5.74, 6) is -0.465. The van der Waals surface area contributed by atoms with Crippen LogP contribution in [0, 0.1) is 12.7 Å². The maximum absolute atomic E-state index is 13.0. The third kappa shape index (κ3) is 2.41. The van der Waals surface area contributed by atoms with Gasteiger partial charge in [0, 0.05) is 6.07 Å². The molecule has 0 aliphatic heterocycles. The fourth-order valence-corrected chi connectivity index (χ4v) is 1.30. The van der Waals surface area contributed by atoms with Gasteiger partial charge in [-0.15, -0.1) is 0 Å². The molecule has 0 atom stereocenters. The highest BCUT2D eigenvalue weighted by Gasteiger charge is 2.12. The average molecular weight is 235 g/mol. The molecule has 0 unspecified atom stereocenters. The van der Waals surface area contributed by atoms with E-state index in [2.05, 4.69) is 10.5 Å². The van der Waals surface area contributed by atoms with E-state index < -0.39 is 11.7 Å². The Balaban J connectivity index is 2.21. The number of rotatable bonds is 2. The quantitative estimate of drug-likeness (QED) is 0.779. The lowest BCUT2D eigenvalue weighted by atomic mass is 10.2. The SMILES string of the molecule is Cc1cc(C(=O)Nc2cc(F)ccc2N)no1. The molecule has 2 rings (SSSR count). The molecule has 1 aromatic carbocycles. The molecular formula is C11H10FN3O2. The number of amides is 1. The van der Waals surface area contributed by atoms with Crippen LogP contribution >= 0.6 is 0 Å². The van der Waals surface area contributed by atoms with Crippen LogP contribution in [0.1, 0.15) is 16.2 Å². The molecule has 17 heavy (non-hydrogen) atoms. The van der Waals surface area contributed by atoms with Crippen LogP contribution in [-0.2, 0) is 0 Å². The summed E-state index contributed by atoms with van der Waals surface area (Å²) in [5, 5.41) is 6.00. The largest absolute Gasteiger partial charge is 0.397 e. The summed E-state index contributed by atoms with van der Waals surface area (Å²) >= 11 is 0. The minimum absolute atomic E-state index is 0.117. The van der Waals surface area contributed by atoms with Crippen molar-refractivity contribution in [2.45, 2.75) is 6.92 Å². The Labute approximate surface area is 96.4 Å². The second-order valence-corrected chi connectivity index (χ2v) is 3.51. The summed E-state index contributed by atoms with van der Waals surface area (Å²) in [6, 6.07) is 5.20. The number of nitrogen functional groups attached to an aromatic ring is 1. The second kappa shape index (κ2) is 4.25. The summed E-state index contributed by atoms with van der Waals surface area (Å²) in [6.07, 6.45) is 0. The summed E-state index contributed by atoms with van der Waals surface area (Å²) in [7, 11) is 0. The van der Waals surface area contributed by atoms with Gasteiger partial charge in [0.05, 0.1) is 11.4 Å². The van der Waals surface area contributed by atoms with Crippen molar-refractivity contribution < 1.29 is 13.7 Å². The van der Waals surface area contributed by atoms with Crippen molar-refractivity contribution in [2.24, 2.45) is 0 Å². The van der Waals surface area contributed by atoms with Gasteiger partial charge in [0.25, 0.3) is 5.91 Å². The first-order valence-electron chi connectivity index (χ1n) is 4.86. The van der Waals surface area contributed by atoms with Gasteiger partial charge in [-0.2, -0.15) is 0 Å². The molecule has 3 N–H and O–H groups in total. The minimum atomic E-state index is -0.501. The van der Waals surface area contributed by atoms with Crippen molar-refractivity contribution in [3.63, 3.8) is 0 Å². The zero-order chi connectivity index (χ0) is 12.4. The summed E-state index contributed by atoms with van der Waals surface area (Å²) in [4.78, 5) is 11.7. The van der Waals surface area contributed by atoms with Crippen LogP contribution in [0.4, 0.5) is 15.8 Å². The normalized spacial score (nSPS) is 10.2. The van der Waals surface area contributed by atoms with Crippen molar-refractivity contribution in [2.75, 3.05) is 11.1 Å². The molecular weight excluding hydrogens is 225 g/mol. The average Bonchev–Trinajstić information content (AvgIpc) is 2.70. The Kier molecular flexibility index (Phi) is 2.78. The smallest absolute Gasteiger partial charge is 0.277 e. The van der Waals surface area contributed by atoms with Crippen molar-refractivity contribution in [3.05, 3.63) is 41.5 Å². The van der Waals surface area contributed by atoms with Crippen molar-refractivity contribution in [3.8, 4) is 0 Å². The molecule has 0 spiro atoms. The van der Waals surface area contributed by atoms with Crippen LogP contribution in [0.3, 0.4) is 0 Å². The van der Waals surface area contributed by atoms with Crippen LogP contribution < -0.4 is 11.1 Å². The van der Waals surface area contributed by atoms with E-state index >= 15 is 0 Å². The molecule has 0 fully saturated rings. The number of nitrogens with two attached hydrogens (primary N) is 1. The topological polar surface area (TPSA) is 81.2 Å². The predicted molar refractivity (Wildman–Crippen MR) is 60.0 cm³/mol. The van der Waals surface area contributed by atoms with Gasteiger partial charge >= 0.3 is 0 Å². The summed E-state index contributed by atoms with van der Waals surface area (Å²) < 4.78 is 17.7. The molecule has 0 aliphatic rings. The first-order valence-corrected chi connectivity index (χ1v) is 4.86. The highest BCUT2D eigenvalue weighted by atomic mass is 19.1. The number of carbonyl (C=O) groups excluding carboxylic acids is 1. The Bertz CT molecular complexity index is 566. The molecule has 1 amide bonds. The van der Waals surface area contributed by atoms with Crippen molar-refractivity contribution in [1.82, 2.24) is 5.16 Å². The Morgan fingerprint density at radius 2 is 2.24 bits per heavy atom. The molecule has 5 nitrogen and oxygen atoms in total. The zero-order valence-electron chi connectivity index (χ0n) is 9.03. The van der Waals surface area contributed by atoms with Gasteiger partial charge in [-0.05, 0) is 25.1 Å². The van der Waals surface area contributed by atoms with Gasteiger partial charge in [-0.1, -0.05) is 5.16 Å². The van der Waals surface area contributed by atoms with E-state index in [-0.39, 0.29) is 17.1 Å². The van der Waals surface area contributed by atoms with Crippen molar-refractivity contribution in [1.29, 1.82) is 0 Å². The molecule has 0 radical (unpaired) electrons. The van der Waals surface area contributed by atoms with E-state index in [0.717, 1.165) is 6.07 Å². The van der Waals surface area contributed by atoms with Crippen LogP contribution in [-0.4, -0.2) is 11.1 Å². The first-order chi connectivity index (χ1) is 8.06. The number of nitrogens with one attached hydrogen (secondary N) is 1. The number of carbonyl (C=O) groups is 1. The third-order valence-electron chi connectivity index (χ3n) is 2.12. The molecule has 1 aromatic heterocycles.